The summed E-state index contributed by atoms with van der Waals surface area (Å²) in [6, 6.07) is 0. The van der Waals surface area contributed by atoms with Gasteiger partial charge in [-0.05, 0) is 24.6 Å². The lowest BCUT2D eigenvalue weighted by Crippen LogP contribution is -2.43. The normalized spacial score (nSPS) is 15.8. The summed E-state index contributed by atoms with van der Waals surface area (Å²) in [5, 5.41) is 0.0788. The average molecular weight is 299 g/mol. The molecule has 1 unspecified atom stereocenters. The van der Waals surface area contributed by atoms with E-state index < -0.39 is 22.0 Å². The topological polar surface area (TPSA) is 102 Å². The average Bonchev–Trinajstić information content (AvgIpc) is 2.14. The van der Waals surface area contributed by atoms with Crippen molar-refractivity contribution in [1.82, 2.24) is 0 Å². The zero-order chi connectivity index (χ0) is 14.6. The molecule has 0 aliphatic carbocycles. The zero-order valence-electron chi connectivity index (χ0n) is 11.8. The largest absolute Gasteiger partial charge is 0.414 e. The first-order chi connectivity index (χ1) is 7.89. The van der Waals surface area contributed by atoms with E-state index in [2.05, 4.69) is 33.9 Å². The molecule has 0 fully saturated rings. The lowest BCUT2D eigenvalue weighted by atomic mass is 10.2. The SMILES string of the molecule is CC(C)(C)[Si](C)(C)OCC(CCP(=O)(O)O)ON. The van der Waals surface area contributed by atoms with Crippen molar-refractivity contribution >= 4 is 15.9 Å². The lowest BCUT2D eigenvalue weighted by Gasteiger charge is -2.37. The third-order valence-electron chi connectivity index (χ3n) is 3.37. The highest BCUT2D eigenvalue weighted by Crippen LogP contribution is 2.38. The van der Waals surface area contributed by atoms with E-state index in [9.17, 15) is 4.57 Å². The number of nitrogens with two attached hydrogens (primary N) is 1. The predicted molar refractivity (Wildman–Crippen MR) is 73.7 cm³/mol. The highest BCUT2D eigenvalue weighted by molar-refractivity contribution is 7.51. The molecule has 8 heteroatoms. The molecule has 110 valence electrons. The van der Waals surface area contributed by atoms with E-state index in [0.717, 1.165) is 0 Å². The van der Waals surface area contributed by atoms with Crippen molar-refractivity contribution in [3.05, 3.63) is 0 Å². The second-order valence-electron chi connectivity index (χ2n) is 6.01. The minimum atomic E-state index is -4.01. The fraction of sp³-hybridized carbons (Fsp3) is 1.00. The van der Waals surface area contributed by atoms with Gasteiger partial charge in [0.1, 0.15) is 6.10 Å². The van der Waals surface area contributed by atoms with Crippen LogP contribution in [0.25, 0.3) is 0 Å². The smallest absolute Gasteiger partial charge is 0.325 e. The van der Waals surface area contributed by atoms with Crippen LogP contribution in [0.5, 0.6) is 0 Å². The van der Waals surface area contributed by atoms with Gasteiger partial charge >= 0.3 is 7.60 Å². The van der Waals surface area contributed by atoms with Gasteiger partial charge in [0, 0.05) is 0 Å². The van der Waals surface area contributed by atoms with E-state index in [0.29, 0.717) is 0 Å². The molecule has 0 aromatic heterocycles. The molecule has 0 rings (SSSR count). The quantitative estimate of drug-likeness (QED) is 0.376. The summed E-state index contributed by atoms with van der Waals surface area (Å²) in [7, 11) is -5.90. The predicted octanol–water partition coefficient (Wildman–Crippen LogP) is 1.83. The van der Waals surface area contributed by atoms with Crippen molar-refractivity contribution in [3.8, 4) is 0 Å². The van der Waals surface area contributed by atoms with Crippen LogP contribution in [0.1, 0.15) is 27.2 Å². The van der Waals surface area contributed by atoms with Crippen LogP contribution in [-0.4, -0.2) is 37.0 Å². The van der Waals surface area contributed by atoms with Gasteiger partial charge in [0.2, 0.25) is 0 Å². The molecule has 0 bridgehead atoms. The Balaban J connectivity index is 4.28. The van der Waals surface area contributed by atoms with Gasteiger partial charge in [0.25, 0.3) is 0 Å². The maximum atomic E-state index is 10.8. The van der Waals surface area contributed by atoms with Gasteiger partial charge in [0.05, 0.1) is 12.8 Å². The van der Waals surface area contributed by atoms with Gasteiger partial charge in [-0.25, -0.2) is 5.90 Å². The van der Waals surface area contributed by atoms with E-state index in [-0.39, 0.29) is 24.2 Å². The minimum Gasteiger partial charge on any atom is -0.414 e. The fourth-order valence-electron chi connectivity index (χ4n) is 1.02. The molecule has 0 spiro atoms. The second kappa shape index (κ2) is 6.61. The molecule has 6 nitrogen and oxygen atoms in total. The van der Waals surface area contributed by atoms with Crippen molar-refractivity contribution in [3.63, 3.8) is 0 Å². The lowest BCUT2D eigenvalue weighted by molar-refractivity contribution is 0.0136. The van der Waals surface area contributed by atoms with Gasteiger partial charge in [0.15, 0.2) is 8.32 Å². The van der Waals surface area contributed by atoms with Crippen molar-refractivity contribution < 1.29 is 23.6 Å². The van der Waals surface area contributed by atoms with E-state index >= 15 is 0 Å². The number of hydrogen-bond donors (Lipinski definition) is 3. The molecule has 0 aromatic carbocycles. The summed E-state index contributed by atoms with van der Waals surface area (Å²) in [6.45, 7) is 10.8. The monoisotopic (exact) mass is 299 g/mol. The van der Waals surface area contributed by atoms with Crippen LogP contribution in [0.15, 0.2) is 0 Å². The second-order valence-corrected chi connectivity index (χ2v) is 12.6. The molecule has 0 saturated heterocycles. The molecule has 0 radical (unpaired) electrons. The van der Waals surface area contributed by atoms with Crippen molar-refractivity contribution in [1.29, 1.82) is 0 Å². The molecule has 0 aliphatic rings. The Labute approximate surface area is 110 Å². The Morgan fingerprint density at radius 3 is 2.17 bits per heavy atom. The molecule has 0 saturated carbocycles. The van der Waals surface area contributed by atoms with Crippen LogP contribution in [0.4, 0.5) is 0 Å². The van der Waals surface area contributed by atoms with Gasteiger partial charge in [-0.1, -0.05) is 20.8 Å². The first-order valence-corrected chi connectivity index (χ1v) is 10.6. The van der Waals surface area contributed by atoms with Crippen LogP contribution in [-0.2, 0) is 13.8 Å². The summed E-state index contributed by atoms with van der Waals surface area (Å²) in [6.07, 6.45) is -0.530. The molecule has 0 aliphatic heterocycles. The Kier molecular flexibility index (Phi) is 6.70. The molecule has 18 heavy (non-hydrogen) atoms. The fourth-order valence-corrected chi connectivity index (χ4v) is 2.68. The maximum absolute atomic E-state index is 10.8. The van der Waals surface area contributed by atoms with Crippen LogP contribution >= 0.6 is 7.60 Å². The van der Waals surface area contributed by atoms with Gasteiger partial charge < -0.3 is 14.2 Å². The molecule has 0 heterocycles. The molecular formula is C10H26NO5PSi. The third kappa shape index (κ3) is 6.99. The first-order valence-electron chi connectivity index (χ1n) is 5.93. The Hall–Kier alpha value is 0.247. The molecular weight excluding hydrogens is 273 g/mol. The van der Waals surface area contributed by atoms with Crippen molar-refractivity contribution in [2.24, 2.45) is 5.90 Å². The van der Waals surface area contributed by atoms with Gasteiger partial charge in [-0.15, -0.1) is 0 Å². The number of rotatable bonds is 7. The Morgan fingerprint density at radius 1 is 1.33 bits per heavy atom. The van der Waals surface area contributed by atoms with E-state index in [1.54, 1.807) is 0 Å². The van der Waals surface area contributed by atoms with Crippen molar-refractivity contribution in [2.45, 2.75) is 51.4 Å². The highest BCUT2D eigenvalue weighted by Gasteiger charge is 2.37. The molecule has 0 aromatic rings. The Bertz CT molecular complexity index is 299. The van der Waals surface area contributed by atoms with Crippen molar-refractivity contribution in [2.75, 3.05) is 12.8 Å². The molecule has 1 atom stereocenters. The van der Waals surface area contributed by atoms with Gasteiger partial charge in [-0.3, -0.25) is 9.40 Å². The molecule has 0 amide bonds. The van der Waals surface area contributed by atoms with Crippen LogP contribution < -0.4 is 5.90 Å². The zero-order valence-corrected chi connectivity index (χ0v) is 13.7. The Morgan fingerprint density at radius 2 is 1.83 bits per heavy atom. The standard InChI is InChI=1S/C10H26NO5PSi/c1-10(2,3)18(4,5)15-8-9(16-11)6-7-17(12,13)14/h9H,6-8,11H2,1-5H3,(H2,12,13,14). The van der Waals surface area contributed by atoms with Gasteiger partial charge in [-0.2, -0.15) is 0 Å². The number of hydrogen-bond acceptors (Lipinski definition) is 4. The minimum absolute atomic E-state index is 0.0788. The van der Waals surface area contributed by atoms with Crippen LogP contribution in [0, 0.1) is 0 Å². The van der Waals surface area contributed by atoms with E-state index in [1.807, 2.05) is 0 Å². The van der Waals surface area contributed by atoms with Crippen LogP contribution in [0.2, 0.25) is 18.1 Å². The van der Waals surface area contributed by atoms with E-state index in [1.165, 1.54) is 0 Å². The van der Waals surface area contributed by atoms with Crippen LogP contribution in [0.3, 0.4) is 0 Å². The third-order valence-corrected chi connectivity index (χ3v) is 8.71. The summed E-state index contributed by atoms with van der Waals surface area (Å²) in [5.41, 5.74) is 0. The first kappa shape index (κ1) is 18.2. The summed E-state index contributed by atoms with van der Waals surface area (Å²) in [5.74, 6) is 5.12. The summed E-state index contributed by atoms with van der Waals surface area (Å²) >= 11 is 0. The highest BCUT2D eigenvalue weighted by atomic mass is 31.2. The van der Waals surface area contributed by atoms with E-state index in [4.69, 9.17) is 24.9 Å². The summed E-state index contributed by atoms with van der Waals surface area (Å²) in [4.78, 5) is 22.3. The summed E-state index contributed by atoms with van der Waals surface area (Å²) < 4.78 is 16.7. The maximum Gasteiger partial charge on any atom is 0.325 e. The molecule has 4 N–H and O–H groups in total.